The summed E-state index contributed by atoms with van der Waals surface area (Å²) in [6.45, 7) is 0.119. The van der Waals surface area contributed by atoms with Gasteiger partial charge in [0.05, 0.1) is 7.11 Å². The largest absolute Gasteiger partial charge is 0.496 e. The molecule has 0 saturated heterocycles. The summed E-state index contributed by atoms with van der Waals surface area (Å²) in [6.07, 6.45) is -0.703. The van der Waals surface area contributed by atoms with Crippen molar-refractivity contribution in [2.45, 2.75) is 18.4 Å². The summed E-state index contributed by atoms with van der Waals surface area (Å²) in [4.78, 5) is 24.3. The minimum atomic E-state index is -1.15. The van der Waals surface area contributed by atoms with Gasteiger partial charge in [0.1, 0.15) is 18.4 Å². The maximum Gasteiger partial charge on any atom is 0.407 e. The number of fused-ring (bicyclic) bond motifs is 3. The van der Waals surface area contributed by atoms with E-state index in [0.29, 0.717) is 11.3 Å². The third-order valence-corrected chi connectivity index (χ3v) is 6.10. The topological polar surface area (TPSA) is 84.9 Å². The van der Waals surface area contributed by atoms with Crippen LogP contribution in [0.4, 0.5) is 4.79 Å². The minimum Gasteiger partial charge on any atom is -0.496 e. The molecule has 6 nitrogen and oxygen atoms in total. The third kappa shape index (κ3) is 4.48. The lowest BCUT2D eigenvalue weighted by Gasteiger charge is -2.18. The van der Waals surface area contributed by atoms with Crippen molar-refractivity contribution in [2.24, 2.45) is 0 Å². The Labute approximate surface area is 194 Å². The van der Waals surface area contributed by atoms with E-state index in [1.165, 1.54) is 7.11 Å². The van der Waals surface area contributed by atoms with E-state index < -0.39 is 18.1 Å². The predicted octanol–water partition coefficient (Wildman–Crippen LogP) is 4.99. The molecule has 32 heavy (non-hydrogen) atoms. The van der Waals surface area contributed by atoms with Gasteiger partial charge in [-0.2, -0.15) is 0 Å². The molecule has 1 unspecified atom stereocenters. The molecule has 3 aromatic rings. The van der Waals surface area contributed by atoms with E-state index in [-0.39, 0.29) is 18.9 Å². The number of aliphatic carboxylic acids is 1. The molecule has 0 spiro atoms. The zero-order chi connectivity index (χ0) is 22.7. The lowest BCUT2D eigenvalue weighted by Crippen LogP contribution is -2.43. The van der Waals surface area contributed by atoms with Crippen molar-refractivity contribution in [1.82, 2.24) is 5.32 Å². The molecule has 0 aromatic heterocycles. The first-order valence-electron chi connectivity index (χ1n) is 10.1. The van der Waals surface area contributed by atoms with Crippen LogP contribution in [0.15, 0.2) is 71.2 Å². The van der Waals surface area contributed by atoms with Gasteiger partial charge in [-0.25, -0.2) is 9.59 Å². The van der Waals surface area contributed by atoms with E-state index in [1.807, 2.05) is 36.4 Å². The molecule has 0 aliphatic heterocycles. The van der Waals surface area contributed by atoms with Crippen LogP contribution >= 0.6 is 15.9 Å². The second kappa shape index (κ2) is 9.44. The van der Waals surface area contributed by atoms with Gasteiger partial charge in [-0.1, -0.05) is 70.5 Å². The molecule has 0 saturated carbocycles. The van der Waals surface area contributed by atoms with Gasteiger partial charge in [0.15, 0.2) is 0 Å². The number of hydrogen-bond donors (Lipinski definition) is 2. The number of benzene rings is 3. The van der Waals surface area contributed by atoms with Crippen LogP contribution in [0, 0.1) is 0 Å². The van der Waals surface area contributed by atoms with Gasteiger partial charge in [0, 0.05) is 16.8 Å². The van der Waals surface area contributed by atoms with Gasteiger partial charge in [0.25, 0.3) is 0 Å². The van der Waals surface area contributed by atoms with Crippen LogP contribution in [0.5, 0.6) is 5.75 Å². The molecule has 1 amide bonds. The fourth-order valence-electron chi connectivity index (χ4n) is 4.09. The number of nitrogens with one attached hydrogen (secondary N) is 1. The Kier molecular flexibility index (Phi) is 6.46. The number of carboxylic acids is 1. The Hall–Kier alpha value is -3.32. The zero-order valence-electron chi connectivity index (χ0n) is 17.4. The highest BCUT2D eigenvalue weighted by Crippen LogP contribution is 2.44. The van der Waals surface area contributed by atoms with Crippen LogP contribution in [-0.2, 0) is 16.0 Å². The summed E-state index contributed by atoms with van der Waals surface area (Å²) < 4.78 is 11.6. The number of carboxylic acid groups (broad SMARTS) is 1. The quantitative estimate of drug-likeness (QED) is 0.482. The summed E-state index contributed by atoms with van der Waals surface area (Å²) in [5.41, 5.74) is 5.11. The Bertz CT molecular complexity index is 1120. The number of methoxy groups -OCH3 is 1. The zero-order valence-corrected chi connectivity index (χ0v) is 19.0. The summed E-state index contributed by atoms with van der Waals surface area (Å²) >= 11 is 3.36. The first-order valence-corrected chi connectivity index (χ1v) is 10.9. The van der Waals surface area contributed by atoms with Crippen molar-refractivity contribution in [2.75, 3.05) is 13.7 Å². The molecule has 0 fully saturated rings. The van der Waals surface area contributed by atoms with Crippen molar-refractivity contribution >= 4 is 28.0 Å². The smallest absolute Gasteiger partial charge is 0.407 e. The fraction of sp³-hybridized carbons (Fsp3) is 0.200. The van der Waals surface area contributed by atoms with Crippen LogP contribution < -0.4 is 10.1 Å². The number of amides is 1. The molecule has 0 heterocycles. The van der Waals surface area contributed by atoms with Crippen LogP contribution in [0.1, 0.15) is 22.6 Å². The summed E-state index contributed by atoms with van der Waals surface area (Å²) in [5.74, 6) is -0.702. The predicted molar refractivity (Wildman–Crippen MR) is 124 cm³/mol. The summed E-state index contributed by atoms with van der Waals surface area (Å²) in [7, 11) is 1.51. The molecule has 3 aromatic carbocycles. The van der Waals surface area contributed by atoms with E-state index in [2.05, 4.69) is 33.4 Å². The average Bonchev–Trinajstić information content (AvgIpc) is 3.12. The van der Waals surface area contributed by atoms with Gasteiger partial charge < -0.3 is 19.9 Å². The highest BCUT2D eigenvalue weighted by molar-refractivity contribution is 9.10. The van der Waals surface area contributed by atoms with Gasteiger partial charge in [0.2, 0.25) is 0 Å². The fourth-order valence-corrected chi connectivity index (χ4v) is 4.43. The van der Waals surface area contributed by atoms with Crippen LogP contribution in [0.2, 0.25) is 0 Å². The SMILES string of the molecule is COc1cc(Br)ccc1CC(NC(=O)OCC1c2ccccc2-c2ccccc21)C(=O)O. The van der Waals surface area contributed by atoms with E-state index in [0.717, 1.165) is 26.7 Å². The molecule has 1 aliphatic rings. The second-order valence-electron chi connectivity index (χ2n) is 7.52. The van der Waals surface area contributed by atoms with E-state index in [4.69, 9.17) is 9.47 Å². The standard InChI is InChI=1S/C25H22BrNO5/c1-31-23-13-16(26)11-10-15(23)12-22(24(28)29)27-25(30)32-14-21-19-8-4-2-6-17(19)18-7-3-5-9-20(18)21/h2-11,13,21-22H,12,14H2,1H3,(H,27,30)(H,28,29). The molecule has 0 bridgehead atoms. The van der Waals surface area contributed by atoms with Crippen molar-refractivity contribution in [1.29, 1.82) is 0 Å². The lowest BCUT2D eigenvalue weighted by molar-refractivity contribution is -0.139. The number of ether oxygens (including phenoxy) is 2. The summed E-state index contributed by atoms with van der Waals surface area (Å²) in [6, 6.07) is 20.2. The normalized spacial score (nSPS) is 13.1. The Morgan fingerprint density at radius 2 is 1.66 bits per heavy atom. The monoisotopic (exact) mass is 495 g/mol. The number of halogens is 1. The Morgan fingerprint density at radius 3 is 2.25 bits per heavy atom. The second-order valence-corrected chi connectivity index (χ2v) is 8.44. The lowest BCUT2D eigenvalue weighted by atomic mass is 9.98. The first-order chi connectivity index (χ1) is 15.5. The molecular weight excluding hydrogens is 474 g/mol. The third-order valence-electron chi connectivity index (χ3n) is 5.61. The first kappa shape index (κ1) is 21.9. The van der Waals surface area contributed by atoms with Crippen LogP contribution in [-0.4, -0.2) is 36.9 Å². The Morgan fingerprint density at radius 1 is 1.03 bits per heavy atom. The number of carbonyl (C=O) groups is 2. The number of rotatable bonds is 7. The van der Waals surface area contributed by atoms with Gasteiger partial charge in [-0.05, 0) is 39.9 Å². The molecular formula is C25H22BrNO5. The average molecular weight is 496 g/mol. The van der Waals surface area contributed by atoms with Crippen molar-refractivity contribution in [3.05, 3.63) is 87.9 Å². The highest BCUT2D eigenvalue weighted by atomic mass is 79.9. The van der Waals surface area contributed by atoms with E-state index in [1.54, 1.807) is 18.2 Å². The maximum atomic E-state index is 12.5. The molecule has 2 N–H and O–H groups in total. The van der Waals surface area contributed by atoms with Crippen LogP contribution in [0.3, 0.4) is 0 Å². The van der Waals surface area contributed by atoms with E-state index in [9.17, 15) is 14.7 Å². The maximum absolute atomic E-state index is 12.5. The number of hydrogen-bond acceptors (Lipinski definition) is 4. The van der Waals surface area contributed by atoms with E-state index >= 15 is 0 Å². The minimum absolute atomic E-state index is 0.0655. The highest BCUT2D eigenvalue weighted by Gasteiger charge is 2.30. The molecule has 7 heteroatoms. The van der Waals surface area contributed by atoms with Crippen molar-refractivity contribution < 1.29 is 24.2 Å². The van der Waals surface area contributed by atoms with Gasteiger partial charge in [-0.15, -0.1) is 0 Å². The molecule has 1 aliphatic carbocycles. The Balaban J connectivity index is 1.44. The number of alkyl carbamates (subject to hydrolysis) is 1. The number of carbonyl (C=O) groups excluding carboxylic acids is 1. The molecule has 0 radical (unpaired) electrons. The van der Waals surface area contributed by atoms with Crippen molar-refractivity contribution in [3.63, 3.8) is 0 Å². The van der Waals surface area contributed by atoms with Crippen LogP contribution in [0.25, 0.3) is 11.1 Å². The van der Waals surface area contributed by atoms with Crippen molar-refractivity contribution in [3.8, 4) is 16.9 Å². The molecule has 1 atom stereocenters. The molecule has 4 rings (SSSR count). The summed E-state index contributed by atoms with van der Waals surface area (Å²) in [5, 5.41) is 12.1. The van der Waals surface area contributed by atoms with Gasteiger partial charge in [-0.3, -0.25) is 0 Å². The molecule has 164 valence electrons. The van der Waals surface area contributed by atoms with Gasteiger partial charge >= 0.3 is 12.1 Å².